The Balaban J connectivity index is 2.10. The van der Waals surface area contributed by atoms with Gasteiger partial charge in [-0.2, -0.15) is 0 Å². The number of nitrogens with zero attached hydrogens (tertiary/aromatic N) is 3. The van der Waals surface area contributed by atoms with Crippen LogP contribution < -0.4 is 10.2 Å². The summed E-state index contributed by atoms with van der Waals surface area (Å²) in [6.07, 6.45) is 1.72. The molecule has 1 fully saturated rings. The highest BCUT2D eigenvalue weighted by Crippen LogP contribution is 2.23. The number of hydrogen-bond donors (Lipinski definition) is 1. The Morgan fingerprint density at radius 1 is 1.43 bits per heavy atom. The molecule has 0 aromatic carbocycles. The van der Waals surface area contributed by atoms with Crippen LogP contribution in [-0.2, 0) is 6.54 Å². The molecule has 1 aromatic heterocycles. The summed E-state index contributed by atoms with van der Waals surface area (Å²) in [7, 11) is 2.10. The minimum absolute atomic E-state index is 0.176. The van der Waals surface area contributed by atoms with Crippen LogP contribution in [-0.4, -0.2) is 49.2 Å². The van der Waals surface area contributed by atoms with E-state index in [9.17, 15) is 4.39 Å². The maximum atomic E-state index is 14.7. The van der Waals surface area contributed by atoms with Crippen LogP contribution in [0.1, 0.15) is 26.3 Å². The minimum atomic E-state index is -0.176. The van der Waals surface area contributed by atoms with Crippen LogP contribution in [0.2, 0.25) is 0 Å². The molecular weight excluding hydrogens is 267 g/mol. The van der Waals surface area contributed by atoms with Crippen LogP contribution >= 0.6 is 0 Å². The zero-order valence-corrected chi connectivity index (χ0v) is 13.6. The number of pyridine rings is 1. The summed E-state index contributed by atoms with van der Waals surface area (Å²) in [5.74, 6) is 0.886. The SMILES string of the molecule is CC(C)CNCc1ccnc(N2CCN(C)CC2C)c1F. The van der Waals surface area contributed by atoms with Gasteiger partial charge in [0.1, 0.15) is 0 Å². The fraction of sp³-hybridized carbons (Fsp3) is 0.688. The molecule has 0 spiro atoms. The predicted octanol–water partition coefficient (Wildman–Crippen LogP) is 2.11. The highest BCUT2D eigenvalue weighted by atomic mass is 19.1. The van der Waals surface area contributed by atoms with E-state index in [4.69, 9.17) is 0 Å². The Kier molecular flexibility index (Phi) is 5.53. The Hall–Kier alpha value is -1.20. The quantitative estimate of drug-likeness (QED) is 0.901. The first kappa shape index (κ1) is 16.2. The van der Waals surface area contributed by atoms with Gasteiger partial charge < -0.3 is 15.1 Å². The van der Waals surface area contributed by atoms with E-state index in [-0.39, 0.29) is 11.9 Å². The number of aromatic nitrogens is 1. The third kappa shape index (κ3) is 4.14. The minimum Gasteiger partial charge on any atom is -0.349 e. The summed E-state index contributed by atoms with van der Waals surface area (Å²) in [6.45, 7) is 10.6. The summed E-state index contributed by atoms with van der Waals surface area (Å²) < 4.78 is 14.7. The van der Waals surface area contributed by atoms with Gasteiger partial charge in [0, 0.05) is 44.0 Å². The van der Waals surface area contributed by atoms with E-state index < -0.39 is 0 Å². The fourth-order valence-electron chi connectivity index (χ4n) is 2.76. The molecule has 0 bridgehead atoms. The highest BCUT2D eigenvalue weighted by molar-refractivity contribution is 5.44. The zero-order valence-electron chi connectivity index (χ0n) is 13.6. The van der Waals surface area contributed by atoms with Gasteiger partial charge >= 0.3 is 0 Å². The number of rotatable bonds is 5. The van der Waals surface area contributed by atoms with E-state index in [1.165, 1.54) is 0 Å². The van der Waals surface area contributed by atoms with Gasteiger partial charge in [-0.3, -0.25) is 0 Å². The monoisotopic (exact) mass is 294 g/mol. The van der Waals surface area contributed by atoms with E-state index in [0.717, 1.165) is 26.2 Å². The number of halogens is 1. The Bertz CT molecular complexity index is 464. The van der Waals surface area contributed by atoms with Gasteiger partial charge in [0.2, 0.25) is 0 Å². The molecule has 1 aliphatic rings. The molecule has 2 heterocycles. The van der Waals surface area contributed by atoms with Crippen LogP contribution in [0.5, 0.6) is 0 Å². The molecule has 5 heteroatoms. The molecule has 21 heavy (non-hydrogen) atoms. The first-order valence-corrected chi connectivity index (χ1v) is 7.78. The van der Waals surface area contributed by atoms with Crippen molar-refractivity contribution in [3.8, 4) is 0 Å². The second kappa shape index (κ2) is 7.18. The highest BCUT2D eigenvalue weighted by Gasteiger charge is 2.25. The standard InChI is InChI=1S/C16H27FN4/c1-12(2)9-18-10-14-5-6-19-16(15(14)17)21-8-7-20(4)11-13(21)3/h5-6,12-13,18H,7-11H2,1-4H3. The second-order valence-corrected chi connectivity index (χ2v) is 6.44. The Morgan fingerprint density at radius 3 is 2.86 bits per heavy atom. The van der Waals surface area contributed by atoms with Gasteiger partial charge in [0.15, 0.2) is 11.6 Å². The molecule has 0 radical (unpaired) electrons. The molecule has 1 saturated heterocycles. The molecule has 1 N–H and O–H groups in total. The topological polar surface area (TPSA) is 31.4 Å². The van der Waals surface area contributed by atoms with E-state index in [2.05, 4.69) is 47.9 Å². The van der Waals surface area contributed by atoms with E-state index in [0.29, 0.717) is 23.8 Å². The number of piperazine rings is 1. The van der Waals surface area contributed by atoms with Gasteiger partial charge in [-0.15, -0.1) is 0 Å². The van der Waals surface area contributed by atoms with Crippen LogP contribution in [0, 0.1) is 11.7 Å². The third-order valence-electron chi connectivity index (χ3n) is 3.92. The molecular formula is C16H27FN4. The molecule has 118 valence electrons. The van der Waals surface area contributed by atoms with Gasteiger partial charge in [-0.05, 0) is 32.5 Å². The lowest BCUT2D eigenvalue weighted by Crippen LogP contribution is -2.51. The summed E-state index contributed by atoms with van der Waals surface area (Å²) >= 11 is 0. The van der Waals surface area contributed by atoms with Gasteiger partial charge in [0.25, 0.3) is 0 Å². The summed E-state index contributed by atoms with van der Waals surface area (Å²) in [5, 5.41) is 3.30. The smallest absolute Gasteiger partial charge is 0.170 e. The van der Waals surface area contributed by atoms with Crippen molar-refractivity contribution in [1.29, 1.82) is 0 Å². The lowest BCUT2D eigenvalue weighted by molar-refractivity contribution is 0.273. The fourth-order valence-corrected chi connectivity index (χ4v) is 2.76. The predicted molar refractivity (Wildman–Crippen MR) is 85.0 cm³/mol. The van der Waals surface area contributed by atoms with Crippen molar-refractivity contribution >= 4 is 5.82 Å². The molecule has 0 amide bonds. The number of anilines is 1. The van der Waals surface area contributed by atoms with Gasteiger partial charge in [-0.25, -0.2) is 9.37 Å². The number of hydrogen-bond acceptors (Lipinski definition) is 4. The van der Waals surface area contributed by atoms with Crippen LogP contribution in [0.25, 0.3) is 0 Å². The molecule has 0 saturated carbocycles. The average molecular weight is 294 g/mol. The van der Waals surface area contributed by atoms with E-state index >= 15 is 0 Å². The summed E-state index contributed by atoms with van der Waals surface area (Å²) in [5.41, 5.74) is 0.701. The van der Waals surface area contributed by atoms with E-state index in [1.807, 2.05) is 0 Å². The zero-order chi connectivity index (χ0) is 15.4. The van der Waals surface area contributed by atoms with Crippen molar-refractivity contribution in [2.75, 3.05) is 38.1 Å². The Labute approximate surface area is 127 Å². The molecule has 1 unspecified atom stereocenters. The number of likely N-dealkylation sites (N-methyl/N-ethyl adjacent to an activating group) is 1. The van der Waals surface area contributed by atoms with E-state index in [1.54, 1.807) is 12.3 Å². The molecule has 0 aliphatic carbocycles. The largest absolute Gasteiger partial charge is 0.349 e. The maximum Gasteiger partial charge on any atom is 0.170 e. The molecule has 1 aromatic rings. The molecule has 4 nitrogen and oxygen atoms in total. The molecule has 1 atom stereocenters. The molecule has 1 aliphatic heterocycles. The second-order valence-electron chi connectivity index (χ2n) is 6.44. The third-order valence-corrected chi connectivity index (χ3v) is 3.92. The van der Waals surface area contributed by atoms with Crippen molar-refractivity contribution in [1.82, 2.24) is 15.2 Å². The van der Waals surface area contributed by atoms with Crippen LogP contribution in [0.15, 0.2) is 12.3 Å². The van der Waals surface area contributed by atoms with Crippen molar-refractivity contribution in [3.63, 3.8) is 0 Å². The lowest BCUT2D eigenvalue weighted by Gasteiger charge is -2.39. The maximum absolute atomic E-state index is 14.7. The van der Waals surface area contributed by atoms with Crippen LogP contribution in [0.4, 0.5) is 10.2 Å². The Morgan fingerprint density at radius 2 is 2.19 bits per heavy atom. The van der Waals surface area contributed by atoms with Crippen LogP contribution in [0.3, 0.4) is 0 Å². The van der Waals surface area contributed by atoms with Crippen molar-refractivity contribution < 1.29 is 4.39 Å². The van der Waals surface area contributed by atoms with Gasteiger partial charge in [0.05, 0.1) is 0 Å². The van der Waals surface area contributed by atoms with Crippen molar-refractivity contribution in [2.24, 2.45) is 5.92 Å². The first-order valence-electron chi connectivity index (χ1n) is 7.78. The summed E-state index contributed by atoms with van der Waals surface area (Å²) in [6, 6.07) is 2.05. The van der Waals surface area contributed by atoms with Crippen molar-refractivity contribution in [3.05, 3.63) is 23.6 Å². The van der Waals surface area contributed by atoms with Crippen molar-refractivity contribution in [2.45, 2.75) is 33.4 Å². The first-order chi connectivity index (χ1) is 9.99. The normalized spacial score (nSPS) is 20.3. The number of nitrogens with one attached hydrogen (secondary N) is 1. The average Bonchev–Trinajstić information content (AvgIpc) is 2.41. The lowest BCUT2D eigenvalue weighted by atomic mass is 10.1. The molecule has 2 rings (SSSR count). The van der Waals surface area contributed by atoms with Gasteiger partial charge in [-0.1, -0.05) is 13.8 Å². The summed E-state index contributed by atoms with van der Waals surface area (Å²) in [4.78, 5) is 8.64.